The molecule has 0 rings (SSSR count). The summed E-state index contributed by atoms with van der Waals surface area (Å²) >= 11 is 0. The molecule has 33 heavy (non-hydrogen) atoms. The molecule has 0 amide bonds. The lowest BCUT2D eigenvalue weighted by Gasteiger charge is -2.09. The van der Waals surface area contributed by atoms with Crippen molar-refractivity contribution in [2.45, 2.75) is 180 Å². The Balaban J connectivity index is 3.37. The Morgan fingerprint density at radius 1 is 0.485 bits per heavy atom. The average Bonchev–Trinajstić information content (AvgIpc) is 2.79. The number of rotatable bonds is 27. The van der Waals surface area contributed by atoms with E-state index in [-0.39, 0.29) is 24.1 Å². The van der Waals surface area contributed by atoms with Crippen LogP contribution in [0.15, 0.2) is 0 Å². The summed E-state index contributed by atoms with van der Waals surface area (Å²) in [5, 5.41) is 9.93. The fraction of sp³-hybridized carbons (Fsp3) is 0.933. The minimum absolute atomic E-state index is 0.114. The third-order valence-corrected chi connectivity index (χ3v) is 6.84. The molecule has 1 N–H and O–H groups in total. The fourth-order valence-corrected chi connectivity index (χ4v) is 4.57. The quantitative estimate of drug-likeness (QED) is 0.0969. The van der Waals surface area contributed by atoms with Gasteiger partial charge in [0.25, 0.3) is 0 Å². The van der Waals surface area contributed by atoms with E-state index in [2.05, 4.69) is 13.8 Å². The minimum Gasteiger partial charge on any atom is -0.393 e. The molecular weight excluding hydrogens is 408 g/mol. The van der Waals surface area contributed by atoms with Gasteiger partial charge in [-0.1, -0.05) is 129 Å². The van der Waals surface area contributed by atoms with Crippen molar-refractivity contribution in [3.8, 4) is 0 Å². The number of hydrogen-bond donors (Lipinski definition) is 1. The van der Waals surface area contributed by atoms with E-state index in [0.29, 0.717) is 12.8 Å². The Labute approximate surface area is 206 Å². The second-order valence-electron chi connectivity index (χ2n) is 10.3. The molecule has 1 atom stereocenters. The van der Waals surface area contributed by atoms with E-state index in [0.717, 1.165) is 57.8 Å². The van der Waals surface area contributed by atoms with Gasteiger partial charge in [0.15, 0.2) is 0 Å². The maximum Gasteiger partial charge on any atom is 0.140 e. The van der Waals surface area contributed by atoms with Crippen LogP contribution in [0.5, 0.6) is 0 Å². The Kier molecular flexibility index (Phi) is 25.4. The van der Waals surface area contributed by atoms with Gasteiger partial charge in [-0.2, -0.15) is 0 Å². The first-order chi connectivity index (χ1) is 16.1. The summed E-state index contributed by atoms with van der Waals surface area (Å²) in [6.45, 7) is 4.45. The number of carbonyl (C=O) groups is 2. The van der Waals surface area contributed by atoms with Crippen molar-refractivity contribution in [2.75, 3.05) is 0 Å². The molecule has 0 aromatic carbocycles. The summed E-state index contributed by atoms with van der Waals surface area (Å²) in [6.07, 6.45) is 27.5. The molecule has 0 radical (unpaired) electrons. The standard InChI is InChI=1S/C30H58O3/c1-3-5-7-8-9-10-11-12-13-17-21-25-29(32)27-30(33)26-22-18-15-14-16-20-24-28(31)23-19-6-4-2/h28,31H,3-27H2,1-2H3. The lowest BCUT2D eigenvalue weighted by Crippen LogP contribution is -2.07. The van der Waals surface area contributed by atoms with Crippen molar-refractivity contribution in [3.05, 3.63) is 0 Å². The molecule has 0 heterocycles. The van der Waals surface area contributed by atoms with Crippen molar-refractivity contribution in [1.29, 1.82) is 0 Å². The smallest absolute Gasteiger partial charge is 0.140 e. The lowest BCUT2D eigenvalue weighted by molar-refractivity contribution is -0.127. The Morgan fingerprint density at radius 3 is 1.21 bits per heavy atom. The zero-order valence-corrected chi connectivity index (χ0v) is 22.5. The molecule has 0 bridgehead atoms. The van der Waals surface area contributed by atoms with Crippen LogP contribution in [-0.2, 0) is 9.59 Å². The van der Waals surface area contributed by atoms with Crippen molar-refractivity contribution in [3.63, 3.8) is 0 Å². The van der Waals surface area contributed by atoms with Crippen LogP contribution in [0.2, 0.25) is 0 Å². The summed E-state index contributed by atoms with van der Waals surface area (Å²) in [4.78, 5) is 24.0. The highest BCUT2D eigenvalue weighted by atomic mass is 16.3. The maximum absolute atomic E-state index is 12.0. The lowest BCUT2D eigenvalue weighted by atomic mass is 10.0. The molecule has 196 valence electrons. The summed E-state index contributed by atoms with van der Waals surface area (Å²) in [7, 11) is 0. The van der Waals surface area contributed by atoms with E-state index in [1.165, 1.54) is 83.5 Å². The number of ketones is 2. The molecule has 0 aliphatic carbocycles. The van der Waals surface area contributed by atoms with Gasteiger partial charge in [0.1, 0.15) is 11.6 Å². The van der Waals surface area contributed by atoms with E-state index >= 15 is 0 Å². The molecule has 3 nitrogen and oxygen atoms in total. The number of Topliss-reactive ketones (excluding diaryl/α,β-unsaturated/α-hetero) is 2. The van der Waals surface area contributed by atoms with E-state index < -0.39 is 0 Å². The molecule has 0 aliphatic heterocycles. The van der Waals surface area contributed by atoms with Gasteiger partial charge >= 0.3 is 0 Å². The zero-order valence-electron chi connectivity index (χ0n) is 22.5. The highest BCUT2D eigenvalue weighted by molar-refractivity contribution is 5.98. The SMILES string of the molecule is CCCCCCCCCCCCCC(=O)CC(=O)CCCCCCCCC(O)CCCCC. The van der Waals surface area contributed by atoms with Crippen LogP contribution in [0.4, 0.5) is 0 Å². The zero-order chi connectivity index (χ0) is 24.4. The first-order valence-corrected chi connectivity index (χ1v) is 14.8. The third-order valence-electron chi connectivity index (χ3n) is 6.84. The van der Waals surface area contributed by atoms with Gasteiger partial charge in [0.2, 0.25) is 0 Å². The van der Waals surface area contributed by atoms with Crippen LogP contribution in [0.25, 0.3) is 0 Å². The summed E-state index contributed by atoms with van der Waals surface area (Å²) in [5.41, 5.74) is 0. The van der Waals surface area contributed by atoms with Crippen LogP contribution in [0.1, 0.15) is 174 Å². The normalized spacial score (nSPS) is 12.2. The van der Waals surface area contributed by atoms with Crippen LogP contribution in [0, 0.1) is 0 Å². The number of aliphatic hydroxyl groups is 1. The molecule has 0 fully saturated rings. The number of aliphatic hydroxyl groups excluding tert-OH is 1. The first kappa shape index (κ1) is 32.3. The minimum atomic E-state index is -0.114. The second-order valence-corrected chi connectivity index (χ2v) is 10.3. The van der Waals surface area contributed by atoms with E-state index in [1.54, 1.807) is 0 Å². The molecule has 0 spiro atoms. The molecule has 0 saturated heterocycles. The van der Waals surface area contributed by atoms with Crippen molar-refractivity contribution in [1.82, 2.24) is 0 Å². The molecule has 0 saturated carbocycles. The van der Waals surface area contributed by atoms with E-state index in [1.807, 2.05) is 0 Å². The van der Waals surface area contributed by atoms with Crippen LogP contribution in [-0.4, -0.2) is 22.8 Å². The van der Waals surface area contributed by atoms with Crippen molar-refractivity contribution in [2.24, 2.45) is 0 Å². The largest absolute Gasteiger partial charge is 0.393 e. The Bertz CT molecular complexity index is 432. The van der Waals surface area contributed by atoms with Crippen molar-refractivity contribution >= 4 is 11.6 Å². The van der Waals surface area contributed by atoms with Gasteiger partial charge in [-0.25, -0.2) is 0 Å². The monoisotopic (exact) mass is 466 g/mol. The summed E-state index contributed by atoms with van der Waals surface area (Å²) < 4.78 is 0. The highest BCUT2D eigenvalue weighted by Gasteiger charge is 2.09. The maximum atomic E-state index is 12.0. The third kappa shape index (κ3) is 25.8. The molecule has 0 aromatic rings. The average molecular weight is 467 g/mol. The van der Waals surface area contributed by atoms with Gasteiger partial charge < -0.3 is 5.11 Å². The van der Waals surface area contributed by atoms with Gasteiger partial charge in [-0.05, 0) is 25.7 Å². The van der Waals surface area contributed by atoms with Gasteiger partial charge in [-0.3, -0.25) is 9.59 Å². The Morgan fingerprint density at radius 2 is 0.788 bits per heavy atom. The van der Waals surface area contributed by atoms with Crippen LogP contribution in [0.3, 0.4) is 0 Å². The molecule has 3 heteroatoms. The molecule has 0 aromatic heterocycles. The van der Waals surface area contributed by atoms with Gasteiger partial charge in [0.05, 0.1) is 12.5 Å². The molecular formula is C30H58O3. The van der Waals surface area contributed by atoms with Crippen LogP contribution >= 0.6 is 0 Å². The van der Waals surface area contributed by atoms with Gasteiger partial charge in [0, 0.05) is 12.8 Å². The first-order valence-electron chi connectivity index (χ1n) is 14.8. The fourth-order valence-electron chi connectivity index (χ4n) is 4.57. The predicted octanol–water partition coefficient (Wildman–Crippen LogP) is 9.28. The highest BCUT2D eigenvalue weighted by Crippen LogP contribution is 2.15. The summed E-state index contributed by atoms with van der Waals surface area (Å²) in [6, 6.07) is 0. The number of unbranched alkanes of at least 4 members (excludes halogenated alkanes) is 17. The summed E-state index contributed by atoms with van der Waals surface area (Å²) in [5.74, 6) is 0.284. The predicted molar refractivity (Wildman–Crippen MR) is 143 cm³/mol. The topological polar surface area (TPSA) is 54.4 Å². The molecule has 0 aliphatic rings. The van der Waals surface area contributed by atoms with E-state index in [4.69, 9.17) is 0 Å². The van der Waals surface area contributed by atoms with Gasteiger partial charge in [-0.15, -0.1) is 0 Å². The number of hydrogen-bond acceptors (Lipinski definition) is 3. The molecule has 1 unspecified atom stereocenters. The Hall–Kier alpha value is -0.700. The second kappa shape index (κ2) is 25.9. The number of carbonyl (C=O) groups excluding carboxylic acids is 2. The van der Waals surface area contributed by atoms with Crippen molar-refractivity contribution < 1.29 is 14.7 Å². The van der Waals surface area contributed by atoms with E-state index in [9.17, 15) is 14.7 Å². The van der Waals surface area contributed by atoms with Crippen LogP contribution < -0.4 is 0 Å².